The molecule has 0 spiro atoms. The van der Waals surface area contributed by atoms with Crippen molar-refractivity contribution in [3.8, 4) is 5.75 Å². The smallest absolute Gasteiger partial charge is 0.520 e. The van der Waals surface area contributed by atoms with E-state index in [4.69, 9.17) is 26.9 Å². The van der Waals surface area contributed by atoms with Gasteiger partial charge in [-0.15, -0.1) is 0 Å². The molecule has 0 aliphatic carbocycles. The van der Waals surface area contributed by atoms with Gasteiger partial charge in [0.1, 0.15) is 5.75 Å². The van der Waals surface area contributed by atoms with E-state index in [-0.39, 0.29) is 0 Å². The molecule has 1 aliphatic rings. The number of hydrogen-bond acceptors (Lipinski definition) is 7. The molecule has 1 aromatic rings. The van der Waals surface area contributed by atoms with Crippen LogP contribution in [-0.4, -0.2) is 49.8 Å². The van der Waals surface area contributed by atoms with E-state index in [0.29, 0.717) is 39.5 Å². The number of benzene rings is 1. The average molecular weight is 441 g/mol. The van der Waals surface area contributed by atoms with Crippen LogP contribution in [-0.2, 0) is 33.8 Å². The molecule has 0 saturated carbocycles. The number of carbonyl (C=O) groups is 1. The summed E-state index contributed by atoms with van der Waals surface area (Å²) >= 11 is 0. The van der Waals surface area contributed by atoms with Gasteiger partial charge in [-0.05, 0) is 45.9 Å². The van der Waals surface area contributed by atoms with Crippen molar-refractivity contribution < 1.29 is 31.7 Å². The van der Waals surface area contributed by atoms with E-state index in [2.05, 4.69) is 6.58 Å². The molecule has 162 valence electrons. The van der Waals surface area contributed by atoms with E-state index in [1.54, 1.807) is 0 Å². The van der Waals surface area contributed by atoms with Gasteiger partial charge in [-0.25, -0.2) is 4.79 Å². The van der Waals surface area contributed by atoms with Crippen LogP contribution in [0.25, 0.3) is 0 Å². The van der Waals surface area contributed by atoms with Crippen molar-refractivity contribution >= 4 is 28.5 Å². The summed E-state index contributed by atoms with van der Waals surface area (Å²) in [4.78, 5) is 11.1. The third-order valence-corrected chi connectivity index (χ3v) is 10.2. The maximum Gasteiger partial charge on any atom is 0.537 e. The molecule has 0 N–H and O–H groups in total. The van der Waals surface area contributed by atoms with Gasteiger partial charge in [0.15, 0.2) is 0 Å². The molecule has 1 aliphatic heterocycles. The molecule has 0 fully saturated rings. The van der Waals surface area contributed by atoms with Gasteiger partial charge in [-0.2, -0.15) is 0 Å². The van der Waals surface area contributed by atoms with Crippen molar-refractivity contribution in [2.45, 2.75) is 46.4 Å². The van der Waals surface area contributed by atoms with Crippen LogP contribution in [0.5, 0.6) is 5.75 Å². The third kappa shape index (κ3) is 6.24. The Kier molecular flexibility index (Phi) is 9.06. The highest BCUT2D eigenvalue weighted by atomic mass is 28.4. The molecule has 0 aromatic heterocycles. The molecule has 9 heteroatoms. The van der Waals surface area contributed by atoms with Crippen LogP contribution in [0.4, 0.5) is 0 Å². The molecule has 1 heterocycles. The van der Waals surface area contributed by atoms with Gasteiger partial charge in [0.05, 0.1) is 13.2 Å². The lowest BCUT2D eigenvalue weighted by Crippen LogP contribution is -2.57. The fourth-order valence-electron chi connectivity index (χ4n) is 3.17. The number of ether oxygens (including phenoxy) is 1. The Morgan fingerprint density at radius 2 is 1.86 bits per heavy atom. The van der Waals surface area contributed by atoms with Gasteiger partial charge in [-0.3, -0.25) is 0 Å². The zero-order valence-electron chi connectivity index (χ0n) is 17.8. The Morgan fingerprint density at radius 1 is 1.21 bits per heavy atom. The summed E-state index contributed by atoms with van der Waals surface area (Å²) in [7, 11) is -5.34. The van der Waals surface area contributed by atoms with Gasteiger partial charge in [0.25, 0.3) is 0 Å². The van der Waals surface area contributed by atoms with E-state index in [1.807, 2.05) is 45.5 Å². The highest BCUT2D eigenvalue weighted by molar-refractivity contribution is 6.75. The molecule has 1 unspecified atom stereocenters. The molecule has 0 amide bonds. The Morgan fingerprint density at radius 3 is 2.45 bits per heavy atom. The Bertz CT molecular complexity index is 680. The molecular formula is C20H32O7Si2. The molecule has 0 saturated heterocycles. The Balaban J connectivity index is 2.11. The number of fused-ring (bicyclic) bond motifs is 1. The van der Waals surface area contributed by atoms with Crippen LogP contribution in [0.2, 0.25) is 12.6 Å². The van der Waals surface area contributed by atoms with Gasteiger partial charge < -0.3 is 26.9 Å². The second-order valence-electron chi connectivity index (χ2n) is 6.68. The first-order valence-electron chi connectivity index (χ1n) is 10.1. The maximum absolute atomic E-state index is 11.1. The van der Waals surface area contributed by atoms with Crippen LogP contribution in [0.15, 0.2) is 30.9 Å². The van der Waals surface area contributed by atoms with Gasteiger partial charge in [-0.1, -0.05) is 12.6 Å². The quantitative estimate of drug-likeness (QED) is 0.214. The Hall–Kier alpha value is -1.50. The summed E-state index contributed by atoms with van der Waals surface area (Å²) in [5.74, 6) is 0.412. The summed E-state index contributed by atoms with van der Waals surface area (Å²) < 4.78 is 35.4. The first-order chi connectivity index (χ1) is 13.9. The number of carbonyl (C=O) groups excluding carboxylic acids is 1. The van der Waals surface area contributed by atoms with Gasteiger partial charge in [0.2, 0.25) is 0 Å². The van der Waals surface area contributed by atoms with Crippen LogP contribution in [0.3, 0.4) is 0 Å². The third-order valence-electron chi connectivity index (χ3n) is 4.46. The van der Waals surface area contributed by atoms with Crippen molar-refractivity contribution in [2.24, 2.45) is 0 Å². The molecule has 1 atom stereocenters. The van der Waals surface area contributed by atoms with Crippen LogP contribution in [0, 0.1) is 0 Å². The minimum Gasteiger partial charge on any atom is -0.520 e. The fraction of sp³-hybridized carbons (Fsp3) is 0.550. The molecule has 29 heavy (non-hydrogen) atoms. The van der Waals surface area contributed by atoms with E-state index in [0.717, 1.165) is 28.6 Å². The van der Waals surface area contributed by atoms with Crippen molar-refractivity contribution in [3.05, 3.63) is 36.4 Å². The molecule has 1 aromatic carbocycles. The van der Waals surface area contributed by atoms with Crippen molar-refractivity contribution in [3.63, 3.8) is 0 Å². The van der Waals surface area contributed by atoms with E-state index >= 15 is 0 Å². The topological polar surface area (TPSA) is 72.5 Å². The highest BCUT2D eigenvalue weighted by Gasteiger charge is 2.44. The lowest BCUT2D eigenvalue weighted by Gasteiger charge is -2.35. The molecule has 0 radical (unpaired) electrons. The predicted molar refractivity (Wildman–Crippen MR) is 114 cm³/mol. The summed E-state index contributed by atoms with van der Waals surface area (Å²) in [5, 5.41) is 0.913. The summed E-state index contributed by atoms with van der Waals surface area (Å²) in [5.41, 5.74) is 0.960. The largest absolute Gasteiger partial charge is 0.537 e. The van der Waals surface area contributed by atoms with E-state index in [9.17, 15) is 4.79 Å². The standard InChI is InChI=1S/C20H32O7Si2/c1-6-20(21)22-13-10-14-28(5)26-16-17-15-18(11-12-19(17)27-28)29(23-7-2,24-8-3)25-9-4/h6,11-12,15H,1,7-10,13-14,16H2,2-5H3. The normalized spacial score (nSPS) is 18.6. The monoisotopic (exact) mass is 440 g/mol. The summed E-state index contributed by atoms with van der Waals surface area (Å²) in [6.45, 7) is 13.6. The van der Waals surface area contributed by atoms with Crippen LogP contribution < -0.4 is 9.61 Å². The predicted octanol–water partition coefficient (Wildman–Crippen LogP) is 3.04. The first-order valence-corrected chi connectivity index (χ1v) is 14.3. The fourth-order valence-corrected chi connectivity index (χ4v) is 7.91. The van der Waals surface area contributed by atoms with Crippen LogP contribution in [0.1, 0.15) is 32.8 Å². The number of esters is 1. The second kappa shape index (κ2) is 11.0. The van der Waals surface area contributed by atoms with Crippen LogP contribution >= 0.6 is 0 Å². The van der Waals surface area contributed by atoms with Gasteiger partial charge >= 0.3 is 23.3 Å². The SMILES string of the molecule is C=CC(=O)OCCC[Si]1(C)OCc2cc([Si](OCC)(OCC)OCC)ccc2O1. The number of rotatable bonds is 12. The molecule has 7 nitrogen and oxygen atoms in total. The molecular weight excluding hydrogens is 408 g/mol. The van der Waals surface area contributed by atoms with Crippen molar-refractivity contribution in [1.82, 2.24) is 0 Å². The molecule has 2 rings (SSSR count). The lowest BCUT2D eigenvalue weighted by molar-refractivity contribution is -0.137. The second-order valence-corrected chi connectivity index (χ2v) is 12.5. The highest BCUT2D eigenvalue weighted by Crippen LogP contribution is 2.31. The average Bonchev–Trinajstić information content (AvgIpc) is 2.71. The minimum absolute atomic E-state index is 0.331. The molecule has 0 bridgehead atoms. The first kappa shape index (κ1) is 23.8. The van der Waals surface area contributed by atoms with E-state index in [1.165, 1.54) is 0 Å². The van der Waals surface area contributed by atoms with Crippen molar-refractivity contribution in [2.75, 3.05) is 26.4 Å². The maximum atomic E-state index is 11.1. The van der Waals surface area contributed by atoms with Gasteiger partial charge in [0, 0.05) is 42.7 Å². The lowest BCUT2D eigenvalue weighted by atomic mass is 10.2. The Labute approximate surface area is 175 Å². The zero-order valence-corrected chi connectivity index (χ0v) is 19.8. The summed E-state index contributed by atoms with van der Waals surface area (Å²) in [6.07, 6.45) is 1.85. The number of hydrogen-bond donors (Lipinski definition) is 0. The zero-order chi connectivity index (χ0) is 21.3. The minimum atomic E-state index is -2.96. The van der Waals surface area contributed by atoms with E-state index < -0.39 is 23.3 Å². The van der Waals surface area contributed by atoms with Crippen molar-refractivity contribution in [1.29, 1.82) is 0 Å². The summed E-state index contributed by atoms with van der Waals surface area (Å²) in [6, 6.07) is 6.67.